The van der Waals surface area contributed by atoms with Gasteiger partial charge in [0.15, 0.2) is 32.2 Å². The van der Waals surface area contributed by atoms with E-state index in [-0.39, 0.29) is 28.3 Å². The molecule has 0 aromatic carbocycles. The molecular weight excluding hydrogens is 589 g/mol. The molecule has 2 saturated heterocycles. The van der Waals surface area contributed by atoms with Gasteiger partial charge in [0.05, 0.1) is 19.0 Å². The Labute approximate surface area is 246 Å². The Morgan fingerprint density at radius 3 is 2.77 bits per heavy atom. The van der Waals surface area contributed by atoms with Gasteiger partial charge < -0.3 is 23.9 Å². The first-order valence-corrected chi connectivity index (χ1v) is 20.7. The highest BCUT2D eigenvalue weighted by Gasteiger charge is 2.57. The number of halogens is 1. The van der Waals surface area contributed by atoms with E-state index in [2.05, 4.69) is 69.2 Å². The second-order valence-electron chi connectivity index (χ2n) is 13.0. The summed E-state index contributed by atoms with van der Waals surface area (Å²) in [5.74, 6) is 0.612. The summed E-state index contributed by atoms with van der Waals surface area (Å²) in [4.78, 5) is 12.6. The highest BCUT2D eigenvalue weighted by molar-refractivity contribution is 8.68. The van der Waals surface area contributed by atoms with E-state index in [0.717, 1.165) is 24.8 Å². The van der Waals surface area contributed by atoms with Crippen molar-refractivity contribution in [2.45, 2.75) is 107 Å². The molecule has 8 atom stereocenters. The number of hydrogen-bond donors (Lipinski definition) is 1. The predicted octanol–water partition coefficient (Wildman–Crippen LogP) is 6.54. The monoisotopic (exact) mass is 629 g/mol. The fraction of sp³-hybridized carbons (Fsp3) is 0.731. The number of hydrogen-bond acceptors (Lipinski definition) is 10. The average molecular weight is 630 g/mol. The van der Waals surface area contributed by atoms with Crippen LogP contribution in [0, 0.1) is 5.92 Å². The molecule has 2 N–H and O–H groups in total. The van der Waals surface area contributed by atoms with Crippen molar-refractivity contribution < 1.29 is 22.6 Å². The van der Waals surface area contributed by atoms with Crippen LogP contribution in [0.15, 0.2) is 24.8 Å². The van der Waals surface area contributed by atoms with Crippen LogP contribution in [-0.4, -0.2) is 63.7 Å². The third-order valence-corrected chi connectivity index (χ3v) is 19.3. The molecule has 2 aromatic heterocycles. The third kappa shape index (κ3) is 5.57. The SMILES string of the molecule is C=C(C)[C@H]1CC[C@@]2(C)SP(=S)(O[C@H]3[C@@H](F)[C@H](n4cnc5c(N)ncnc54)O[C@@H]3CO[Si](C)(C)C(C)(C)C)O[C@@H]2C1. The van der Waals surface area contributed by atoms with E-state index in [9.17, 15) is 0 Å². The number of aromatic nitrogens is 4. The van der Waals surface area contributed by atoms with Gasteiger partial charge in [0, 0.05) is 4.75 Å². The lowest BCUT2D eigenvalue weighted by Crippen LogP contribution is -2.44. The highest BCUT2D eigenvalue weighted by Crippen LogP contribution is 2.76. The molecule has 0 spiro atoms. The summed E-state index contributed by atoms with van der Waals surface area (Å²) >= 11 is 7.62. The minimum atomic E-state index is -2.89. The zero-order chi connectivity index (χ0) is 29.3. The van der Waals surface area contributed by atoms with Crippen LogP contribution in [0.4, 0.5) is 10.2 Å². The lowest BCUT2D eigenvalue weighted by molar-refractivity contribution is -0.0413. The van der Waals surface area contributed by atoms with Gasteiger partial charge in [0.1, 0.15) is 24.1 Å². The molecule has 9 nitrogen and oxygen atoms in total. The van der Waals surface area contributed by atoms with Gasteiger partial charge in [-0.15, -0.1) is 0 Å². The summed E-state index contributed by atoms with van der Waals surface area (Å²) in [5.41, 5.74) is 5.03. The van der Waals surface area contributed by atoms with Crippen molar-refractivity contribution in [3.8, 4) is 0 Å². The Kier molecular flexibility index (Phi) is 8.14. The van der Waals surface area contributed by atoms with Gasteiger partial charge in [-0.1, -0.05) is 44.3 Å². The first kappa shape index (κ1) is 30.5. The second-order valence-corrected chi connectivity index (χ2v) is 24.4. The number of allylic oxidation sites excluding steroid dienone is 1. The second kappa shape index (κ2) is 10.7. The largest absolute Gasteiger partial charge is 0.414 e. The normalized spacial score (nSPS) is 36.7. The molecular formula is C26H41FN5O4PS2Si. The molecule has 3 aliphatic rings. The van der Waals surface area contributed by atoms with Crippen molar-refractivity contribution >= 4 is 54.2 Å². The Morgan fingerprint density at radius 1 is 1.38 bits per heavy atom. The number of fused-ring (bicyclic) bond motifs is 2. The van der Waals surface area contributed by atoms with Crippen molar-refractivity contribution in [2.75, 3.05) is 12.3 Å². The Morgan fingerprint density at radius 2 is 2.10 bits per heavy atom. The maximum Gasteiger partial charge on any atom is 0.248 e. The van der Waals surface area contributed by atoms with Gasteiger partial charge in [-0.25, -0.2) is 19.3 Å². The van der Waals surface area contributed by atoms with Crippen LogP contribution >= 0.6 is 17.1 Å². The molecule has 1 saturated carbocycles. The molecule has 2 aliphatic heterocycles. The molecule has 1 unspecified atom stereocenters. The summed E-state index contributed by atoms with van der Waals surface area (Å²) in [6.45, 7) is 19.4. The van der Waals surface area contributed by atoms with Crippen LogP contribution in [0.1, 0.15) is 60.1 Å². The first-order chi connectivity index (χ1) is 18.5. The molecule has 4 heterocycles. The minimum absolute atomic E-state index is 0.0216. The molecule has 40 heavy (non-hydrogen) atoms. The van der Waals surface area contributed by atoms with E-state index in [0.29, 0.717) is 17.1 Å². The molecule has 5 rings (SSSR count). The fourth-order valence-electron chi connectivity index (χ4n) is 5.32. The molecule has 14 heteroatoms. The van der Waals surface area contributed by atoms with Crippen LogP contribution in [0.2, 0.25) is 18.1 Å². The van der Waals surface area contributed by atoms with E-state index in [1.54, 1.807) is 15.9 Å². The van der Waals surface area contributed by atoms with Crippen LogP contribution < -0.4 is 5.73 Å². The average Bonchev–Trinajstić information content (AvgIpc) is 3.48. The molecule has 0 bridgehead atoms. The van der Waals surface area contributed by atoms with E-state index in [4.69, 9.17) is 35.8 Å². The number of rotatable bonds is 7. The summed E-state index contributed by atoms with van der Waals surface area (Å²) in [6, 6.07) is 0. The zero-order valence-corrected chi connectivity index (χ0v) is 27.8. The van der Waals surface area contributed by atoms with Crippen molar-refractivity contribution in [3.63, 3.8) is 0 Å². The van der Waals surface area contributed by atoms with Crippen LogP contribution in [-0.2, 0) is 30.0 Å². The number of nitrogens with zero attached hydrogens (tertiary/aromatic N) is 4. The number of anilines is 1. The fourth-order valence-corrected chi connectivity index (χ4v) is 13.9. The minimum Gasteiger partial charge on any atom is -0.414 e. The summed E-state index contributed by atoms with van der Waals surface area (Å²) in [6.07, 6.45) is 1.30. The number of alkyl halides is 1. The van der Waals surface area contributed by atoms with Crippen molar-refractivity contribution in [1.29, 1.82) is 0 Å². The highest BCUT2D eigenvalue weighted by atomic mass is 32.9. The molecule has 222 valence electrons. The maximum atomic E-state index is 16.5. The van der Waals surface area contributed by atoms with Gasteiger partial charge in [-0.05, 0) is 69.0 Å². The predicted molar refractivity (Wildman–Crippen MR) is 164 cm³/mol. The number of ether oxygens (including phenoxy) is 1. The summed E-state index contributed by atoms with van der Waals surface area (Å²) < 4.78 is 43.8. The van der Waals surface area contributed by atoms with Gasteiger partial charge in [0.2, 0.25) is 5.69 Å². The van der Waals surface area contributed by atoms with Crippen LogP contribution in [0.25, 0.3) is 11.2 Å². The van der Waals surface area contributed by atoms with E-state index in [1.807, 2.05) is 0 Å². The summed E-state index contributed by atoms with van der Waals surface area (Å²) in [5, 5.41) is -0.0216. The maximum absolute atomic E-state index is 16.5. The quantitative estimate of drug-likeness (QED) is 0.206. The Balaban J connectivity index is 1.42. The van der Waals surface area contributed by atoms with Gasteiger partial charge in [0.25, 0.3) is 0 Å². The van der Waals surface area contributed by atoms with Crippen molar-refractivity contribution in [1.82, 2.24) is 19.5 Å². The van der Waals surface area contributed by atoms with Crippen LogP contribution in [0.3, 0.4) is 0 Å². The molecule has 0 radical (unpaired) electrons. The van der Waals surface area contributed by atoms with Gasteiger partial charge >= 0.3 is 0 Å². The topological polar surface area (TPSA) is 107 Å². The first-order valence-electron chi connectivity index (χ1n) is 13.7. The molecule has 2 aromatic rings. The van der Waals surface area contributed by atoms with E-state index >= 15 is 4.39 Å². The standard InChI is InChI=1S/C26H41FN5O4PS2Si/c1-15(2)16-9-10-26(6)18(11-16)35-37(38,39-26)36-21-17(12-33-40(7,8)25(3,4)5)34-24(19(21)27)32-14-31-20-22(28)29-13-30-23(20)32/h13-14,16-19,21,24H,1,9-12H2,2-8H3,(H2,28,29,30)/t16-,17+,18+,19+,21+,24+,26+,37?/m0/s1. The van der Waals surface area contributed by atoms with E-state index < -0.39 is 38.6 Å². The summed E-state index contributed by atoms with van der Waals surface area (Å²) in [7, 11) is -2.16. The lowest BCUT2D eigenvalue weighted by atomic mass is 9.77. The van der Waals surface area contributed by atoms with Crippen molar-refractivity contribution in [2.24, 2.45) is 5.92 Å². The third-order valence-electron chi connectivity index (χ3n) is 9.04. The molecule has 0 amide bonds. The van der Waals surface area contributed by atoms with Crippen LogP contribution in [0.5, 0.6) is 0 Å². The number of nitrogens with two attached hydrogens (primary N) is 1. The Bertz CT molecular complexity index is 1340. The van der Waals surface area contributed by atoms with Crippen molar-refractivity contribution in [3.05, 3.63) is 24.8 Å². The molecule has 3 fully saturated rings. The van der Waals surface area contributed by atoms with Gasteiger partial charge in [-0.2, -0.15) is 0 Å². The lowest BCUT2D eigenvalue weighted by Gasteiger charge is -2.37. The van der Waals surface area contributed by atoms with E-state index in [1.165, 1.54) is 12.7 Å². The molecule has 1 aliphatic carbocycles. The number of nitrogen functional groups attached to an aromatic ring is 1. The zero-order valence-electron chi connectivity index (χ0n) is 24.3. The number of imidazole rings is 1. The smallest absolute Gasteiger partial charge is 0.248 e. The Hall–Kier alpha value is -0.923. The van der Waals surface area contributed by atoms with Gasteiger partial charge in [-0.3, -0.25) is 4.57 Å².